The van der Waals surface area contributed by atoms with Gasteiger partial charge < -0.3 is 42.2 Å². The molecule has 43 heavy (non-hydrogen) atoms. The first kappa shape index (κ1) is 31.0. The molecule has 13 heteroatoms. The Bertz CT molecular complexity index is 1470. The molecule has 1 aliphatic heterocycles. The third kappa shape index (κ3) is 8.55. The molecule has 4 unspecified atom stereocenters. The molecule has 3 aromatic rings. The summed E-state index contributed by atoms with van der Waals surface area (Å²) in [5.74, 6) is -3.81. The highest BCUT2D eigenvalue weighted by molar-refractivity contribution is 5.95. The van der Waals surface area contributed by atoms with Crippen LogP contribution in [0.15, 0.2) is 54.7 Å². The number of phenolic OH excluding ortho intramolecular Hbond substituents is 1. The number of nitrogens with one attached hydrogen (secondary N) is 5. The molecule has 1 saturated heterocycles. The Kier molecular flexibility index (Phi) is 10.3. The van der Waals surface area contributed by atoms with Gasteiger partial charge in [-0.1, -0.05) is 30.3 Å². The van der Waals surface area contributed by atoms with Gasteiger partial charge in [-0.2, -0.15) is 0 Å². The average Bonchev–Trinajstić information content (AvgIpc) is 3.66. The van der Waals surface area contributed by atoms with E-state index in [1.54, 1.807) is 18.3 Å². The second kappa shape index (κ2) is 14.3. The summed E-state index contributed by atoms with van der Waals surface area (Å²) >= 11 is 0. The van der Waals surface area contributed by atoms with Gasteiger partial charge in [-0.25, -0.2) is 4.79 Å². The molecule has 9 N–H and O–H groups in total. The molecule has 1 aromatic heterocycles. The van der Waals surface area contributed by atoms with Crippen LogP contribution in [0, 0.1) is 0 Å². The summed E-state index contributed by atoms with van der Waals surface area (Å²) in [6.07, 6.45) is 2.74. The second-order valence-electron chi connectivity index (χ2n) is 10.6. The van der Waals surface area contributed by atoms with Crippen molar-refractivity contribution in [3.63, 3.8) is 0 Å². The van der Waals surface area contributed by atoms with Crippen LogP contribution in [-0.2, 0) is 36.8 Å². The minimum atomic E-state index is -1.32. The fourth-order valence-electron chi connectivity index (χ4n) is 5.08. The first-order valence-corrected chi connectivity index (χ1v) is 14.1. The zero-order valence-corrected chi connectivity index (χ0v) is 23.5. The van der Waals surface area contributed by atoms with Gasteiger partial charge in [-0.15, -0.1) is 0 Å². The molecule has 228 valence electrons. The number of carbonyl (C=O) groups excluding carboxylic acids is 4. The van der Waals surface area contributed by atoms with Gasteiger partial charge in [-0.3, -0.25) is 19.2 Å². The number of hydrogen-bond donors (Lipinski definition) is 8. The van der Waals surface area contributed by atoms with Crippen molar-refractivity contribution in [1.29, 1.82) is 0 Å². The highest BCUT2D eigenvalue weighted by atomic mass is 16.4. The van der Waals surface area contributed by atoms with Crippen molar-refractivity contribution in [1.82, 2.24) is 26.3 Å². The first-order chi connectivity index (χ1) is 20.6. The van der Waals surface area contributed by atoms with Gasteiger partial charge in [0.05, 0.1) is 6.04 Å². The molecule has 0 aliphatic carbocycles. The summed E-state index contributed by atoms with van der Waals surface area (Å²) in [6, 6.07) is 9.14. The lowest BCUT2D eigenvalue weighted by Gasteiger charge is -2.25. The Labute approximate surface area is 247 Å². The normalized spacial score (nSPS) is 16.6. The van der Waals surface area contributed by atoms with Crippen LogP contribution in [0.25, 0.3) is 10.9 Å². The van der Waals surface area contributed by atoms with Gasteiger partial charge in [0.1, 0.15) is 23.9 Å². The number of carboxylic acid groups (broad SMARTS) is 1. The van der Waals surface area contributed by atoms with Gasteiger partial charge in [0.15, 0.2) is 0 Å². The number of aromatic nitrogens is 1. The number of benzene rings is 2. The number of aromatic amines is 1. The van der Waals surface area contributed by atoms with Crippen molar-refractivity contribution in [2.24, 2.45) is 5.73 Å². The monoisotopic (exact) mass is 592 g/mol. The van der Waals surface area contributed by atoms with Crippen LogP contribution in [-0.4, -0.2) is 75.5 Å². The first-order valence-electron chi connectivity index (χ1n) is 14.1. The van der Waals surface area contributed by atoms with E-state index < -0.39 is 53.8 Å². The van der Waals surface area contributed by atoms with Crippen LogP contribution >= 0.6 is 0 Å². The molecule has 2 aromatic carbocycles. The number of rotatable bonds is 14. The fourth-order valence-corrected chi connectivity index (χ4v) is 5.08. The number of hydrogen-bond acceptors (Lipinski definition) is 7. The van der Waals surface area contributed by atoms with Crippen LogP contribution in [0.4, 0.5) is 0 Å². The molecule has 4 atom stereocenters. The van der Waals surface area contributed by atoms with Crippen molar-refractivity contribution in [3.05, 3.63) is 65.9 Å². The van der Waals surface area contributed by atoms with Gasteiger partial charge in [0, 0.05) is 36.4 Å². The minimum absolute atomic E-state index is 0.00760. The Morgan fingerprint density at radius 1 is 0.907 bits per heavy atom. The van der Waals surface area contributed by atoms with Crippen LogP contribution in [0.3, 0.4) is 0 Å². The number of aliphatic carboxylic acids is 1. The second-order valence-corrected chi connectivity index (χ2v) is 10.6. The Hall–Kier alpha value is -4.91. The van der Waals surface area contributed by atoms with Crippen molar-refractivity contribution in [3.8, 4) is 5.75 Å². The quantitative estimate of drug-likeness (QED) is 0.129. The highest BCUT2D eigenvalue weighted by Crippen LogP contribution is 2.19. The van der Waals surface area contributed by atoms with E-state index in [0.29, 0.717) is 24.1 Å². The lowest BCUT2D eigenvalue weighted by atomic mass is 10.0. The molecular formula is C30H36N6O7. The standard InChI is InChI=1S/C30H36N6O7/c31-26(38)12-11-23(34-27(39)22-6-3-13-32-22)28(40)35-24(14-17-7-9-19(37)10-8-17)29(41)36-25(30(42)43)15-18-16-33-21-5-2-1-4-20(18)21/h1-2,4-5,7-10,16,22-25,32-33,37H,3,6,11-15H2,(H2,31,38)(H,34,39)(H,35,40)(H,36,41)(H,42,43). The van der Waals surface area contributed by atoms with E-state index >= 15 is 0 Å². The number of aromatic hydroxyl groups is 1. The number of para-hydroxylation sites is 1. The third-order valence-corrected chi connectivity index (χ3v) is 7.41. The fraction of sp³-hybridized carbons (Fsp3) is 0.367. The van der Waals surface area contributed by atoms with E-state index in [4.69, 9.17) is 5.73 Å². The summed E-state index contributed by atoms with van der Waals surface area (Å²) in [5.41, 5.74) is 7.38. The topological polar surface area (TPSA) is 216 Å². The van der Waals surface area contributed by atoms with E-state index in [1.807, 2.05) is 24.3 Å². The van der Waals surface area contributed by atoms with Crippen LogP contribution in [0.2, 0.25) is 0 Å². The zero-order chi connectivity index (χ0) is 30.9. The lowest BCUT2D eigenvalue weighted by Crippen LogP contribution is -2.57. The molecule has 0 radical (unpaired) electrons. The van der Waals surface area contributed by atoms with E-state index in [9.17, 15) is 34.2 Å². The molecule has 13 nitrogen and oxygen atoms in total. The van der Waals surface area contributed by atoms with E-state index in [-0.39, 0.29) is 31.4 Å². The summed E-state index contributed by atoms with van der Waals surface area (Å²) in [6.45, 7) is 0.661. The largest absolute Gasteiger partial charge is 0.508 e. The summed E-state index contributed by atoms with van der Waals surface area (Å²) in [4.78, 5) is 66.6. The number of fused-ring (bicyclic) bond motifs is 1. The molecule has 0 saturated carbocycles. The molecule has 2 heterocycles. The average molecular weight is 593 g/mol. The van der Waals surface area contributed by atoms with Crippen molar-refractivity contribution >= 4 is 40.5 Å². The Morgan fingerprint density at radius 3 is 2.28 bits per heavy atom. The van der Waals surface area contributed by atoms with Crippen LogP contribution < -0.4 is 27.0 Å². The highest BCUT2D eigenvalue weighted by Gasteiger charge is 2.32. The number of carbonyl (C=O) groups is 5. The maximum atomic E-state index is 13.6. The van der Waals surface area contributed by atoms with Crippen molar-refractivity contribution in [2.75, 3.05) is 6.54 Å². The molecule has 0 bridgehead atoms. The molecule has 1 aliphatic rings. The van der Waals surface area contributed by atoms with E-state index in [1.165, 1.54) is 12.1 Å². The number of phenols is 1. The lowest BCUT2D eigenvalue weighted by molar-refractivity contribution is -0.142. The maximum Gasteiger partial charge on any atom is 0.326 e. The van der Waals surface area contributed by atoms with Gasteiger partial charge in [-0.05, 0) is 55.1 Å². The SMILES string of the molecule is NC(=O)CCC(NC(=O)C1CCCN1)C(=O)NC(Cc1ccc(O)cc1)C(=O)NC(Cc1c[nH]c2ccccc12)C(=O)O. The van der Waals surface area contributed by atoms with Gasteiger partial charge in [0.2, 0.25) is 23.6 Å². The molecule has 4 amide bonds. The predicted octanol–water partition coefficient (Wildman–Crippen LogP) is 0.215. The van der Waals surface area contributed by atoms with E-state index in [0.717, 1.165) is 17.3 Å². The molecule has 4 rings (SSSR count). The predicted molar refractivity (Wildman–Crippen MR) is 157 cm³/mol. The van der Waals surface area contributed by atoms with E-state index in [2.05, 4.69) is 26.3 Å². The Morgan fingerprint density at radius 2 is 1.60 bits per heavy atom. The molecule has 0 spiro atoms. The zero-order valence-electron chi connectivity index (χ0n) is 23.5. The smallest absolute Gasteiger partial charge is 0.326 e. The van der Waals surface area contributed by atoms with Crippen LogP contribution in [0.5, 0.6) is 5.75 Å². The number of amides is 4. The van der Waals surface area contributed by atoms with Crippen molar-refractivity contribution in [2.45, 2.75) is 62.7 Å². The summed E-state index contributed by atoms with van der Waals surface area (Å²) in [5, 5.41) is 31.3. The number of carboxylic acids is 1. The van der Waals surface area contributed by atoms with Gasteiger partial charge in [0.25, 0.3) is 0 Å². The number of H-pyrrole nitrogens is 1. The van der Waals surface area contributed by atoms with Gasteiger partial charge >= 0.3 is 5.97 Å². The number of nitrogens with two attached hydrogens (primary N) is 1. The minimum Gasteiger partial charge on any atom is -0.508 e. The third-order valence-electron chi connectivity index (χ3n) is 7.41. The van der Waals surface area contributed by atoms with Crippen molar-refractivity contribution < 1.29 is 34.2 Å². The maximum absolute atomic E-state index is 13.6. The molecule has 1 fully saturated rings. The number of primary amides is 1. The summed E-state index contributed by atoms with van der Waals surface area (Å²) in [7, 11) is 0. The Balaban J connectivity index is 1.53. The van der Waals surface area contributed by atoms with Crippen LogP contribution in [0.1, 0.15) is 36.8 Å². The summed E-state index contributed by atoms with van der Waals surface area (Å²) < 4.78 is 0. The molecular weight excluding hydrogens is 556 g/mol.